The molecular formula is C25H25F3IN3O4S2. The van der Waals surface area contributed by atoms with Crippen LogP contribution in [0.5, 0.6) is 11.5 Å². The van der Waals surface area contributed by atoms with E-state index in [1.54, 1.807) is 18.2 Å². The molecule has 0 radical (unpaired) electrons. The highest BCUT2D eigenvalue weighted by Gasteiger charge is 2.29. The highest BCUT2D eigenvalue weighted by Crippen LogP contribution is 2.31. The highest BCUT2D eigenvalue weighted by atomic mass is 127. The second-order valence-corrected chi connectivity index (χ2v) is 11.5. The quantitative estimate of drug-likeness (QED) is 0.182. The van der Waals surface area contributed by atoms with Gasteiger partial charge in [0.1, 0.15) is 0 Å². The Morgan fingerprint density at radius 3 is 2.24 bits per heavy atom. The monoisotopic (exact) mass is 679 g/mol. The number of phenolic OH excluding ortho intramolecular Hbond substituents is 1. The molecule has 204 valence electrons. The number of halogens is 4. The Morgan fingerprint density at radius 1 is 1.00 bits per heavy atom. The van der Waals surface area contributed by atoms with Crippen LogP contribution in [0.25, 0.3) is 0 Å². The SMILES string of the molecule is COc1cc(CNS(=O)(=O)c2ccc(CCNC(=S)NCc3ccc(C(F)(F)F)cc3)cc2)c(I)cc1O. The van der Waals surface area contributed by atoms with Crippen molar-refractivity contribution in [1.82, 2.24) is 15.4 Å². The Labute approximate surface area is 238 Å². The third-order valence-corrected chi connectivity index (χ3v) is 8.18. The Morgan fingerprint density at radius 2 is 1.63 bits per heavy atom. The van der Waals surface area contributed by atoms with Crippen LogP contribution < -0.4 is 20.1 Å². The molecule has 3 aromatic rings. The average Bonchev–Trinajstić information content (AvgIpc) is 2.87. The van der Waals surface area contributed by atoms with E-state index in [1.807, 2.05) is 22.6 Å². The molecule has 3 rings (SSSR count). The van der Waals surface area contributed by atoms with Crippen LogP contribution in [0, 0.1) is 3.57 Å². The number of methoxy groups -OCH3 is 1. The number of hydrogen-bond donors (Lipinski definition) is 4. The summed E-state index contributed by atoms with van der Waals surface area (Å²) >= 11 is 7.22. The van der Waals surface area contributed by atoms with Crippen LogP contribution >= 0.6 is 34.8 Å². The number of nitrogens with one attached hydrogen (secondary N) is 3. The fraction of sp³-hybridized carbons (Fsp3) is 0.240. The number of aromatic hydroxyl groups is 1. The minimum atomic E-state index is -4.37. The van der Waals surface area contributed by atoms with E-state index in [2.05, 4.69) is 15.4 Å². The summed E-state index contributed by atoms with van der Waals surface area (Å²) in [5.74, 6) is 0.233. The zero-order chi connectivity index (χ0) is 27.9. The van der Waals surface area contributed by atoms with E-state index in [4.69, 9.17) is 17.0 Å². The number of alkyl halides is 3. The molecule has 4 N–H and O–H groups in total. The normalized spacial score (nSPS) is 11.7. The fourth-order valence-electron chi connectivity index (χ4n) is 3.35. The van der Waals surface area contributed by atoms with Gasteiger partial charge >= 0.3 is 6.18 Å². The van der Waals surface area contributed by atoms with Gasteiger partial charge in [0.25, 0.3) is 0 Å². The van der Waals surface area contributed by atoms with Crippen molar-refractivity contribution in [2.24, 2.45) is 0 Å². The van der Waals surface area contributed by atoms with E-state index < -0.39 is 21.8 Å². The molecule has 7 nitrogen and oxygen atoms in total. The Kier molecular flexibility index (Phi) is 10.2. The minimum Gasteiger partial charge on any atom is -0.504 e. The molecule has 3 aromatic carbocycles. The van der Waals surface area contributed by atoms with Crippen molar-refractivity contribution in [2.75, 3.05) is 13.7 Å². The maximum absolute atomic E-state index is 12.7. The zero-order valence-electron chi connectivity index (χ0n) is 20.1. The van der Waals surface area contributed by atoms with Gasteiger partial charge in [-0.3, -0.25) is 0 Å². The number of hydrogen-bond acceptors (Lipinski definition) is 5. The second-order valence-electron chi connectivity index (χ2n) is 8.14. The zero-order valence-corrected chi connectivity index (χ0v) is 23.9. The van der Waals surface area contributed by atoms with Gasteiger partial charge in [-0.05, 0) is 94.3 Å². The van der Waals surface area contributed by atoms with Crippen LogP contribution in [0.3, 0.4) is 0 Å². The average molecular weight is 680 g/mol. The van der Waals surface area contributed by atoms with Crippen LogP contribution in [0.1, 0.15) is 22.3 Å². The van der Waals surface area contributed by atoms with Crippen LogP contribution in [0.15, 0.2) is 65.6 Å². The van der Waals surface area contributed by atoms with E-state index in [1.165, 1.54) is 37.4 Å². The molecule has 0 saturated carbocycles. The van der Waals surface area contributed by atoms with Gasteiger partial charge in [0.05, 0.1) is 17.6 Å². The van der Waals surface area contributed by atoms with Gasteiger partial charge < -0.3 is 20.5 Å². The molecule has 0 heterocycles. The molecule has 0 spiro atoms. The lowest BCUT2D eigenvalue weighted by Crippen LogP contribution is -2.35. The van der Waals surface area contributed by atoms with E-state index in [0.717, 1.165) is 17.7 Å². The first kappa shape index (κ1) is 29.9. The molecule has 0 amide bonds. The first-order valence-corrected chi connectivity index (χ1v) is 14.2. The van der Waals surface area contributed by atoms with Gasteiger partial charge in [-0.1, -0.05) is 24.3 Å². The van der Waals surface area contributed by atoms with Crippen LogP contribution in [-0.4, -0.2) is 32.3 Å². The predicted octanol–water partition coefficient (Wildman–Crippen LogP) is 4.71. The van der Waals surface area contributed by atoms with Gasteiger partial charge in [0, 0.05) is 23.2 Å². The molecular weight excluding hydrogens is 654 g/mol. The maximum atomic E-state index is 12.7. The smallest absolute Gasteiger partial charge is 0.416 e. The second kappa shape index (κ2) is 13.0. The summed E-state index contributed by atoms with van der Waals surface area (Å²) in [4.78, 5) is 0.115. The first-order valence-electron chi connectivity index (χ1n) is 11.2. The van der Waals surface area contributed by atoms with Gasteiger partial charge in [0.15, 0.2) is 16.6 Å². The minimum absolute atomic E-state index is 0.0238. The number of phenols is 1. The standard InChI is InChI=1S/C25H25F3IN3O4S2/c1-36-23-12-18(21(29)13-22(23)33)15-32-38(34,35)20-8-4-16(5-9-20)10-11-30-24(37)31-14-17-2-6-19(7-3-17)25(26,27)28/h2-9,12-13,32-33H,10-11,14-15H2,1H3,(H2,30,31,37). The summed E-state index contributed by atoms with van der Waals surface area (Å²) in [6, 6.07) is 14.4. The molecule has 0 aromatic heterocycles. The van der Waals surface area contributed by atoms with Crippen molar-refractivity contribution < 1.29 is 31.4 Å². The van der Waals surface area contributed by atoms with Crippen LogP contribution in [-0.2, 0) is 35.7 Å². The van der Waals surface area contributed by atoms with Gasteiger partial charge in [-0.2, -0.15) is 13.2 Å². The number of sulfonamides is 1. The van der Waals surface area contributed by atoms with Crippen LogP contribution in [0.2, 0.25) is 0 Å². The van der Waals surface area contributed by atoms with E-state index >= 15 is 0 Å². The van der Waals surface area contributed by atoms with Crippen LogP contribution in [0.4, 0.5) is 13.2 Å². The summed E-state index contributed by atoms with van der Waals surface area (Å²) in [5.41, 5.74) is 1.50. The van der Waals surface area contributed by atoms with Crippen molar-refractivity contribution >= 4 is 49.9 Å². The van der Waals surface area contributed by atoms with Gasteiger partial charge in [-0.15, -0.1) is 0 Å². The molecule has 0 aliphatic rings. The Balaban J connectivity index is 1.46. The van der Waals surface area contributed by atoms with Crippen molar-refractivity contribution in [2.45, 2.75) is 30.6 Å². The Hall–Kier alpha value is -2.62. The molecule has 0 atom stereocenters. The maximum Gasteiger partial charge on any atom is 0.416 e. The lowest BCUT2D eigenvalue weighted by atomic mass is 10.1. The number of ether oxygens (including phenoxy) is 1. The van der Waals surface area contributed by atoms with Crippen molar-refractivity contribution in [3.63, 3.8) is 0 Å². The Bertz CT molecular complexity index is 1370. The molecule has 0 saturated heterocycles. The molecule has 0 fully saturated rings. The van der Waals surface area contributed by atoms with Crippen molar-refractivity contribution in [3.8, 4) is 11.5 Å². The summed E-state index contributed by atoms with van der Waals surface area (Å²) in [5, 5.41) is 16.1. The molecule has 0 aliphatic heterocycles. The molecule has 13 heteroatoms. The lowest BCUT2D eigenvalue weighted by Gasteiger charge is -2.12. The third kappa shape index (κ3) is 8.44. The van der Waals surface area contributed by atoms with Gasteiger partial charge in [-0.25, -0.2) is 13.1 Å². The predicted molar refractivity (Wildman–Crippen MR) is 150 cm³/mol. The van der Waals surface area contributed by atoms with Crippen molar-refractivity contribution in [1.29, 1.82) is 0 Å². The van der Waals surface area contributed by atoms with E-state index in [-0.39, 0.29) is 29.5 Å². The third-order valence-electron chi connectivity index (χ3n) is 5.47. The summed E-state index contributed by atoms with van der Waals surface area (Å²) in [6.45, 7) is 0.781. The number of rotatable bonds is 10. The molecule has 0 unspecified atom stereocenters. The molecule has 38 heavy (non-hydrogen) atoms. The topological polar surface area (TPSA) is 99.7 Å². The van der Waals surface area contributed by atoms with E-state index in [0.29, 0.717) is 32.8 Å². The fourth-order valence-corrected chi connectivity index (χ4v) is 5.17. The van der Waals surface area contributed by atoms with Crippen molar-refractivity contribution in [3.05, 3.63) is 86.5 Å². The largest absolute Gasteiger partial charge is 0.504 e. The summed E-state index contributed by atoms with van der Waals surface area (Å²) in [7, 11) is -2.35. The van der Waals surface area contributed by atoms with E-state index in [9.17, 15) is 26.7 Å². The van der Waals surface area contributed by atoms with Gasteiger partial charge in [0.2, 0.25) is 10.0 Å². The molecule has 0 bridgehead atoms. The lowest BCUT2D eigenvalue weighted by molar-refractivity contribution is -0.137. The summed E-state index contributed by atoms with van der Waals surface area (Å²) in [6.07, 6.45) is -3.80. The number of benzene rings is 3. The number of thiocarbonyl (C=S) groups is 1. The molecule has 0 aliphatic carbocycles. The summed E-state index contributed by atoms with van der Waals surface area (Å²) < 4.78 is 71.7. The first-order chi connectivity index (χ1) is 17.9. The highest BCUT2D eigenvalue weighted by molar-refractivity contribution is 14.1.